The van der Waals surface area contributed by atoms with Gasteiger partial charge in [0, 0.05) is 22.7 Å². The van der Waals surface area contributed by atoms with Crippen LogP contribution in [0.25, 0.3) is 22.2 Å². The number of nitrogens with zero attached hydrogens (tertiary/aromatic N) is 3. The number of halogens is 3. The monoisotopic (exact) mass is 571 g/mol. The highest BCUT2D eigenvalue weighted by atomic mass is 35.5. The van der Waals surface area contributed by atoms with Crippen molar-refractivity contribution >= 4 is 32.5 Å². The minimum absolute atomic E-state index is 0.0696. The van der Waals surface area contributed by atoms with Crippen molar-refractivity contribution in [2.75, 3.05) is 7.11 Å². The lowest BCUT2D eigenvalue weighted by atomic mass is 10.2. The molecule has 3 aromatic carbocycles. The summed E-state index contributed by atoms with van der Waals surface area (Å²) in [5.74, 6) is -2.90. The Morgan fingerprint density at radius 1 is 1.05 bits per heavy atom. The quantitative estimate of drug-likeness (QED) is 0.304. The van der Waals surface area contributed by atoms with E-state index < -0.39 is 37.9 Å². The standard InChI is InChI=1S/C27H20ClF2N3O5S/c1-15-31-13-21(27(35)32(15)14-16-3-6-20(38-2)7-4-16)24-10-17-9-18(28)5-8-23(17)33(24)39(36,37)25-12-19(29)11-22(30)26(25)34/h3-13,34H,14H2,1-2H3. The van der Waals surface area contributed by atoms with Crippen molar-refractivity contribution in [3.63, 3.8) is 0 Å². The van der Waals surface area contributed by atoms with E-state index in [1.54, 1.807) is 31.2 Å². The number of phenolic OH excluding ortho intramolecular Hbond substituents is 1. The first-order chi connectivity index (χ1) is 18.5. The molecule has 2 heterocycles. The molecule has 0 radical (unpaired) electrons. The van der Waals surface area contributed by atoms with E-state index in [1.165, 1.54) is 42.1 Å². The van der Waals surface area contributed by atoms with E-state index in [2.05, 4.69) is 4.98 Å². The summed E-state index contributed by atoms with van der Waals surface area (Å²) in [5.41, 5.74) is 0.0530. The number of hydrogen-bond acceptors (Lipinski definition) is 6. The summed E-state index contributed by atoms with van der Waals surface area (Å²) in [4.78, 5) is 17.1. The summed E-state index contributed by atoms with van der Waals surface area (Å²) in [6.45, 7) is 1.76. The molecule has 0 atom stereocenters. The lowest BCUT2D eigenvalue weighted by Gasteiger charge is -2.15. The van der Waals surface area contributed by atoms with Crippen molar-refractivity contribution < 1.29 is 27.0 Å². The highest BCUT2D eigenvalue weighted by Gasteiger charge is 2.30. The lowest BCUT2D eigenvalue weighted by Crippen LogP contribution is -2.27. The molecule has 200 valence electrons. The second kappa shape index (κ2) is 9.83. The maximum Gasteiger partial charge on any atom is 0.272 e. The van der Waals surface area contributed by atoms with Gasteiger partial charge < -0.3 is 9.84 Å². The van der Waals surface area contributed by atoms with Crippen molar-refractivity contribution in [3.8, 4) is 22.8 Å². The molecule has 12 heteroatoms. The van der Waals surface area contributed by atoms with Crippen LogP contribution in [0, 0.1) is 18.6 Å². The molecular formula is C27H20ClF2N3O5S. The van der Waals surface area contributed by atoms with Gasteiger partial charge in [-0.2, -0.15) is 0 Å². The van der Waals surface area contributed by atoms with E-state index in [0.717, 1.165) is 9.54 Å². The second-order valence-electron chi connectivity index (χ2n) is 8.69. The summed E-state index contributed by atoms with van der Waals surface area (Å²) in [7, 11) is -3.31. The fourth-order valence-electron chi connectivity index (χ4n) is 4.30. The highest BCUT2D eigenvalue weighted by Crippen LogP contribution is 2.36. The zero-order valence-corrected chi connectivity index (χ0v) is 22.1. The summed E-state index contributed by atoms with van der Waals surface area (Å²) < 4.78 is 63.2. The van der Waals surface area contributed by atoms with E-state index in [4.69, 9.17) is 16.3 Å². The molecule has 5 aromatic rings. The van der Waals surface area contributed by atoms with E-state index in [0.29, 0.717) is 34.1 Å². The molecule has 5 rings (SSSR count). The maximum atomic E-state index is 14.2. The molecule has 2 aromatic heterocycles. The Bertz CT molecular complexity index is 1920. The highest BCUT2D eigenvalue weighted by molar-refractivity contribution is 7.90. The van der Waals surface area contributed by atoms with Gasteiger partial charge >= 0.3 is 0 Å². The normalized spacial score (nSPS) is 11.7. The van der Waals surface area contributed by atoms with Crippen molar-refractivity contribution in [2.45, 2.75) is 18.4 Å². The van der Waals surface area contributed by atoms with E-state index in [-0.39, 0.29) is 23.3 Å². The van der Waals surface area contributed by atoms with Crippen LogP contribution >= 0.6 is 11.6 Å². The van der Waals surface area contributed by atoms with Crippen LogP contribution in [0.2, 0.25) is 5.02 Å². The molecule has 0 aliphatic rings. The number of methoxy groups -OCH3 is 1. The fraction of sp³-hybridized carbons (Fsp3) is 0.111. The molecule has 8 nitrogen and oxygen atoms in total. The number of fused-ring (bicyclic) bond motifs is 1. The number of hydrogen-bond donors (Lipinski definition) is 1. The van der Waals surface area contributed by atoms with Crippen molar-refractivity contribution in [2.24, 2.45) is 0 Å². The van der Waals surface area contributed by atoms with Gasteiger partial charge in [0.1, 0.15) is 22.3 Å². The van der Waals surface area contributed by atoms with Crippen LogP contribution in [0.1, 0.15) is 11.4 Å². The third-order valence-corrected chi connectivity index (χ3v) is 8.23. The minimum Gasteiger partial charge on any atom is -0.504 e. The Balaban J connectivity index is 1.76. The number of rotatable bonds is 6. The smallest absolute Gasteiger partial charge is 0.272 e. The van der Waals surface area contributed by atoms with Gasteiger partial charge in [-0.1, -0.05) is 23.7 Å². The second-order valence-corrected chi connectivity index (χ2v) is 10.9. The van der Waals surface area contributed by atoms with E-state index in [1.807, 2.05) is 0 Å². The number of phenols is 1. The minimum atomic E-state index is -4.84. The Labute approximate surface area is 226 Å². The van der Waals surface area contributed by atoms with Crippen molar-refractivity contribution in [3.05, 3.63) is 105 Å². The number of benzene rings is 3. The van der Waals surface area contributed by atoms with Crippen LogP contribution < -0.4 is 10.3 Å². The van der Waals surface area contributed by atoms with Crippen LogP contribution in [0.3, 0.4) is 0 Å². The molecule has 1 N–H and O–H groups in total. The SMILES string of the molecule is COc1ccc(Cn2c(C)ncc(-c3cc4cc(Cl)ccc4n3S(=O)(=O)c3cc(F)cc(F)c3O)c2=O)cc1. The van der Waals surface area contributed by atoms with Crippen LogP contribution in [0.15, 0.2) is 76.6 Å². The Hall–Kier alpha value is -4.22. The van der Waals surface area contributed by atoms with Gasteiger partial charge in [-0.15, -0.1) is 0 Å². The molecule has 0 saturated heterocycles. The van der Waals surface area contributed by atoms with E-state index in [9.17, 15) is 27.1 Å². The van der Waals surface area contributed by atoms with Gasteiger partial charge in [0.25, 0.3) is 15.6 Å². The van der Waals surface area contributed by atoms with Gasteiger partial charge in [-0.3, -0.25) is 9.36 Å². The first kappa shape index (κ1) is 26.4. The zero-order valence-electron chi connectivity index (χ0n) is 20.5. The number of aromatic hydroxyl groups is 1. The molecule has 0 aliphatic carbocycles. The Morgan fingerprint density at radius 2 is 1.77 bits per heavy atom. The molecule has 0 amide bonds. The zero-order chi connectivity index (χ0) is 28.1. The maximum absolute atomic E-state index is 14.2. The van der Waals surface area contributed by atoms with Crippen LogP contribution in [-0.4, -0.2) is 34.2 Å². The first-order valence-electron chi connectivity index (χ1n) is 11.5. The molecule has 39 heavy (non-hydrogen) atoms. The summed E-state index contributed by atoms with van der Waals surface area (Å²) >= 11 is 6.13. The predicted octanol–water partition coefficient (Wildman–Crippen LogP) is 5.10. The van der Waals surface area contributed by atoms with Crippen LogP contribution in [0.4, 0.5) is 8.78 Å². The van der Waals surface area contributed by atoms with E-state index >= 15 is 0 Å². The van der Waals surface area contributed by atoms with Gasteiger partial charge in [0.15, 0.2) is 11.6 Å². The average Bonchev–Trinajstić information content (AvgIpc) is 3.28. The molecular weight excluding hydrogens is 552 g/mol. The molecule has 0 unspecified atom stereocenters. The molecule has 0 spiro atoms. The number of ether oxygens (including phenoxy) is 1. The van der Waals surface area contributed by atoms with Crippen molar-refractivity contribution in [1.29, 1.82) is 0 Å². The summed E-state index contributed by atoms with van der Waals surface area (Å²) in [5, 5.41) is 10.9. The Kier molecular flexibility index (Phi) is 6.65. The topological polar surface area (TPSA) is 103 Å². The third kappa shape index (κ3) is 4.64. The Morgan fingerprint density at radius 3 is 2.46 bits per heavy atom. The fourth-order valence-corrected chi connectivity index (χ4v) is 6.11. The molecule has 0 saturated carbocycles. The molecule has 0 bridgehead atoms. The predicted molar refractivity (Wildman–Crippen MR) is 142 cm³/mol. The van der Waals surface area contributed by atoms with Crippen molar-refractivity contribution in [1.82, 2.24) is 13.5 Å². The average molecular weight is 572 g/mol. The largest absolute Gasteiger partial charge is 0.504 e. The third-order valence-electron chi connectivity index (χ3n) is 6.25. The van der Waals surface area contributed by atoms with Gasteiger partial charge in [0.2, 0.25) is 0 Å². The van der Waals surface area contributed by atoms with Gasteiger partial charge in [0.05, 0.1) is 30.4 Å². The summed E-state index contributed by atoms with van der Waals surface area (Å²) in [6, 6.07) is 13.6. The molecule has 0 aliphatic heterocycles. The van der Waals surface area contributed by atoms with Crippen LogP contribution in [-0.2, 0) is 16.6 Å². The first-order valence-corrected chi connectivity index (χ1v) is 13.3. The lowest BCUT2D eigenvalue weighted by molar-refractivity contribution is 0.411. The molecule has 0 fully saturated rings. The van der Waals surface area contributed by atoms with Crippen LogP contribution in [0.5, 0.6) is 11.5 Å². The summed E-state index contributed by atoms with van der Waals surface area (Å²) in [6.07, 6.45) is 1.23. The van der Waals surface area contributed by atoms with Gasteiger partial charge in [-0.05, 0) is 55.0 Å². The number of aryl methyl sites for hydroxylation is 1. The van der Waals surface area contributed by atoms with Gasteiger partial charge in [-0.25, -0.2) is 26.2 Å². The number of aromatic nitrogens is 3.